The highest BCUT2D eigenvalue weighted by atomic mass is 16.5. The van der Waals surface area contributed by atoms with Gasteiger partial charge in [0.2, 0.25) is 0 Å². The first-order valence-electron chi connectivity index (χ1n) is 8.41. The van der Waals surface area contributed by atoms with Crippen molar-refractivity contribution in [2.24, 2.45) is 0 Å². The van der Waals surface area contributed by atoms with Crippen molar-refractivity contribution in [3.63, 3.8) is 0 Å². The fourth-order valence-electron chi connectivity index (χ4n) is 3.70. The molecule has 2 saturated heterocycles. The Bertz CT molecular complexity index is 607. The monoisotopic (exact) mass is 293 g/mol. The van der Waals surface area contributed by atoms with Crippen LogP contribution in [0.25, 0.3) is 11.1 Å². The third kappa shape index (κ3) is 2.81. The normalized spacial score (nSPS) is 25.6. The van der Waals surface area contributed by atoms with Gasteiger partial charge in [-0.25, -0.2) is 0 Å². The lowest BCUT2D eigenvalue weighted by atomic mass is 9.97. The van der Waals surface area contributed by atoms with Crippen molar-refractivity contribution in [2.75, 3.05) is 19.7 Å². The van der Waals surface area contributed by atoms with Crippen LogP contribution in [0.1, 0.15) is 30.9 Å². The summed E-state index contributed by atoms with van der Waals surface area (Å²) in [5, 5.41) is 0. The molecule has 0 aromatic heterocycles. The third-order valence-electron chi connectivity index (χ3n) is 5.03. The number of piperidine rings is 1. The van der Waals surface area contributed by atoms with Crippen LogP contribution >= 0.6 is 0 Å². The maximum absolute atomic E-state index is 6.14. The van der Waals surface area contributed by atoms with Gasteiger partial charge in [0.1, 0.15) is 0 Å². The van der Waals surface area contributed by atoms with E-state index in [4.69, 9.17) is 4.74 Å². The Labute approximate surface area is 132 Å². The second-order valence-corrected chi connectivity index (χ2v) is 6.45. The minimum atomic E-state index is 0.235. The minimum Gasteiger partial charge on any atom is -0.371 e. The van der Waals surface area contributed by atoms with Crippen molar-refractivity contribution >= 4 is 0 Å². The van der Waals surface area contributed by atoms with Crippen molar-refractivity contribution in [3.8, 4) is 11.1 Å². The molecule has 0 spiro atoms. The van der Waals surface area contributed by atoms with Crippen molar-refractivity contribution in [3.05, 3.63) is 60.2 Å². The highest BCUT2D eigenvalue weighted by molar-refractivity contribution is 5.63. The van der Waals surface area contributed by atoms with Gasteiger partial charge in [0, 0.05) is 12.6 Å². The molecule has 22 heavy (non-hydrogen) atoms. The maximum atomic E-state index is 6.14. The van der Waals surface area contributed by atoms with Gasteiger partial charge in [-0.15, -0.1) is 0 Å². The van der Waals surface area contributed by atoms with Crippen LogP contribution in [-0.4, -0.2) is 30.6 Å². The molecule has 2 aromatic rings. The molecule has 0 aliphatic carbocycles. The van der Waals surface area contributed by atoms with Crippen LogP contribution in [0.3, 0.4) is 0 Å². The van der Waals surface area contributed by atoms with Gasteiger partial charge < -0.3 is 4.74 Å². The predicted molar refractivity (Wildman–Crippen MR) is 89.8 cm³/mol. The summed E-state index contributed by atoms with van der Waals surface area (Å²) in [6.45, 7) is 3.19. The van der Waals surface area contributed by atoms with Crippen molar-refractivity contribution in [1.82, 2.24) is 4.90 Å². The minimum absolute atomic E-state index is 0.235. The molecule has 2 aromatic carbocycles. The molecule has 2 aliphatic rings. The van der Waals surface area contributed by atoms with Gasteiger partial charge in [-0.1, -0.05) is 61.0 Å². The number of hydrogen-bond donors (Lipinski definition) is 0. The summed E-state index contributed by atoms with van der Waals surface area (Å²) in [7, 11) is 0. The SMILES string of the molecule is c1ccc(-c2ccc([C@@H]3CN4CCCCC4CO3)cc2)cc1. The molecule has 2 fully saturated rings. The highest BCUT2D eigenvalue weighted by Crippen LogP contribution is 2.30. The van der Waals surface area contributed by atoms with E-state index in [1.165, 1.54) is 42.5 Å². The first kappa shape index (κ1) is 14.0. The predicted octanol–water partition coefficient (Wildman–Crippen LogP) is 4.28. The molecule has 1 unspecified atom stereocenters. The Morgan fingerprint density at radius 2 is 1.64 bits per heavy atom. The number of ether oxygens (including phenoxy) is 1. The molecular formula is C20H23NO. The van der Waals surface area contributed by atoms with E-state index in [0.29, 0.717) is 6.04 Å². The number of fused-ring (bicyclic) bond motifs is 1. The van der Waals surface area contributed by atoms with Crippen LogP contribution in [0.5, 0.6) is 0 Å². The van der Waals surface area contributed by atoms with Crippen LogP contribution in [0, 0.1) is 0 Å². The molecule has 0 saturated carbocycles. The van der Waals surface area contributed by atoms with Gasteiger partial charge in [0.15, 0.2) is 0 Å². The van der Waals surface area contributed by atoms with Crippen LogP contribution in [0.2, 0.25) is 0 Å². The second-order valence-electron chi connectivity index (χ2n) is 6.45. The number of morpholine rings is 1. The quantitative estimate of drug-likeness (QED) is 0.819. The van der Waals surface area contributed by atoms with E-state index >= 15 is 0 Å². The lowest BCUT2D eigenvalue weighted by Crippen LogP contribution is -2.48. The average Bonchev–Trinajstić information content (AvgIpc) is 2.62. The lowest BCUT2D eigenvalue weighted by molar-refractivity contribution is -0.0766. The molecular weight excluding hydrogens is 270 g/mol. The zero-order valence-corrected chi connectivity index (χ0v) is 12.9. The summed E-state index contributed by atoms with van der Waals surface area (Å²) in [5.41, 5.74) is 3.86. The molecule has 2 heteroatoms. The van der Waals surface area contributed by atoms with Gasteiger partial charge in [0.05, 0.1) is 12.7 Å². The maximum Gasteiger partial charge on any atom is 0.0952 e. The Hall–Kier alpha value is -1.64. The van der Waals surface area contributed by atoms with E-state index in [-0.39, 0.29) is 6.10 Å². The number of rotatable bonds is 2. The van der Waals surface area contributed by atoms with E-state index in [1.807, 2.05) is 0 Å². The largest absolute Gasteiger partial charge is 0.371 e. The topological polar surface area (TPSA) is 12.5 Å². The summed E-state index contributed by atoms with van der Waals surface area (Å²) in [4.78, 5) is 2.63. The van der Waals surface area contributed by atoms with Gasteiger partial charge >= 0.3 is 0 Å². The standard InChI is InChI=1S/C20H23NO/c1-2-6-16(7-3-1)17-9-11-18(12-10-17)20-14-21-13-5-4-8-19(21)15-22-20/h1-3,6-7,9-12,19-20H,4-5,8,13-15H2/t19?,20-/m0/s1. The number of nitrogens with zero attached hydrogens (tertiary/aromatic N) is 1. The van der Waals surface area contributed by atoms with Crippen LogP contribution in [-0.2, 0) is 4.74 Å². The van der Waals surface area contributed by atoms with Crippen molar-refractivity contribution in [2.45, 2.75) is 31.4 Å². The Kier molecular flexibility index (Phi) is 3.96. The van der Waals surface area contributed by atoms with Gasteiger partial charge in [0.25, 0.3) is 0 Å². The zero-order valence-electron chi connectivity index (χ0n) is 12.9. The van der Waals surface area contributed by atoms with Crippen LogP contribution < -0.4 is 0 Å². The Morgan fingerprint density at radius 3 is 2.45 bits per heavy atom. The average molecular weight is 293 g/mol. The highest BCUT2D eigenvalue weighted by Gasteiger charge is 2.31. The third-order valence-corrected chi connectivity index (χ3v) is 5.03. The Morgan fingerprint density at radius 1 is 0.864 bits per heavy atom. The van der Waals surface area contributed by atoms with E-state index in [2.05, 4.69) is 59.5 Å². The number of benzene rings is 2. The Balaban J connectivity index is 1.49. The molecule has 0 radical (unpaired) electrons. The number of hydrogen-bond acceptors (Lipinski definition) is 2. The van der Waals surface area contributed by atoms with Crippen molar-refractivity contribution < 1.29 is 4.74 Å². The molecule has 2 heterocycles. The van der Waals surface area contributed by atoms with E-state index in [9.17, 15) is 0 Å². The fourth-order valence-corrected chi connectivity index (χ4v) is 3.70. The molecule has 0 bridgehead atoms. The molecule has 2 atom stereocenters. The first-order valence-corrected chi connectivity index (χ1v) is 8.41. The molecule has 4 rings (SSSR count). The summed E-state index contributed by atoms with van der Waals surface area (Å²) >= 11 is 0. The molecule has 2 aliphatic heterocycles. The van der Waals surface area contributed by atoms with E-state index in [1.54, 1.807) is 0 Å². The van der Waals surface area contributed by atoms with Gasteiger partial charge in [-0.2, -0.15) is 0 Å². The molecule has 2 nitrogen and oxygen atoms in total. The second kappa shape index (κ2) is 6.23. The zero-order chi connectivity index (χ0) is 14.8. The summed E-state index contributed by atoms with van der Waals surface area (Å²) in [6, 6.07) is 20.1. The summed E-state index contributed by atoms with van der Waals surface area (Å²) in [6.07, 6.45) is 4.25. The lowest BCUT2D eigenvalue weighted by Gasteiger charge is -2.42. The fraction of sp³-hybridized carbons (Fsp3) is 0.400. The molecule has 114 valence electrons. The molecule has 0 N–H and O–H groups in total. The van der Waals surface area contributed by atoms with Crippen LogP contribution in [0.15, 0.2) is 54.6 Å². The van der Waals surface area contributed by atoms with E-state index < -0.39 is 0 Å². The smallest absolute Gasteiger partial charge is 0.0952 e. The summed E-state index contributed by atoms with van der Waals surface area (Å²) < 4.78 is 6.14. The molecule has 0 amide bonds. The van der Waals surface area contributed by atoms with Gasteiger partial charge in [-0.3, -0.25) is 4.90 Å². The van der Waals surface area contributed by atoms with Crippen molar-refractivity contribution in [1.29, 1.82) is 0 Å². The van der Waals surface area contributed by atoms with E-state index in [0.717, 1.165) is 13.2 Å². The first-order chi connectivity index (χ1) is 10.9. The summed E-state index contributed by atoms with van der Waals surface area (Å²) in [5.74, 6) is 0. The van der Waals surface area contributed by atoms with Crippen LogP contribution in [0.4, 0.5) is 0 Å². The van der Waals surface area contributed by atoms with Gasteiger partial charge in [-0.05, 0) is 36.1 Å².